The molecule has 1 heterocycles. The van der Waals surface area contributed by atoms with Crippen molar-refractivity contribution in [2.24, 2.45) is 0 Å². The first kappa shape index (κ1) is 13.4. The van der Waals surface area contributed by atoms with E-state index in [0.29, 0.717) is 6.54 Å². The maximum absolute atomic E-state index is 11.7. The summed E-state index contributed by atoms with van der Waals surface area (Å²) in [6.45, 7) is 2.69. The topological polar surface area (TPSA) is 49.4 Å². The fourth-order valence-corrected chi connectivity index (χ4v) is 3.36. The van der Waals surface area contributed by atoms with E-state index in [0.717, 1.165) is 24.1 Å². The van der Waals surface area contributed by atoms with Crippen LogP contribution in [0.3, 0.4) is 0 Å². The monoisotopic (exact) mass is 268 g/mol. The van der Waals surface area contributed by atoms with Crippen LogP contribution in [0.4, 0.5) is 5.69 Å². The van der Waals surface area contributed by atoms with Crippen LogP contribution in [0.15, 0.2) is 18.2 Å². The molecule has 0 fully saturated rings. The van der Waals surface area contributed by atoms with Gasteiger partial charge in [0.2, 0.25) is 10.0 Å². The maximum atomic E-state index is 11.7. The molecule has 1 N–H and O–H groups in total. The molecular weight excluding hydrogens is 248 g/mol. The second-order valence-electron chi connectivity index (χ2n) is 4.84. The Labute approximate surface area is 109 Å². The lowest BCUT2D eigenvalue weighted by atomic mass is 9.98. The van der Waals surface area contributed by atoms with Gasteiger partial charge in [0.15, 0.2) is 0 Å². The van der Waals surface area contributed by atoms with Crippen molar-refractivity contribution in [1.82, 2.24) is 5.32 Å². The number of benzene rings is 1. The second kappa shape index (κ2) is 4.90. The maximum Gasteiger partial charge on any atom is 0.232 e. The third-order valence-corrected chi connectivity index (χ3v) is 4.69. The zero-order chi connectivity index (χ0) is 13.3. The van der Waals surface area contributed by atoms with Crippen molar-refractivity contribution in [2.75, 3.05) is 24.2 Å². The third kappa shape index (κ3) is 2.52. The fourth-order valence-electron chi connectivity index (χ4n) is 2.36. The molecule has 0 aliphatic carbocycles. The summed E-state index contributed by atoms with van der Waals surface area (Å²) < 4.78 is 25.0. The van der Waals surface area contributed by atoms with Gasteiger partial charge in [-0.3, -0.25) is 4.31 Å². The standard InChI is InChI=1S/C13H20N2O2S/c1-10(14-2)11-6-7-13-12(9-11)5-4-8-15(13)18(3,16)17/h6-7,9-10,14H,4-5,8H2,1-3H3. The van der Waals surface area contributed by atoms with Gasteiger partial charge in [-0.25, -0.2) is 8.42 Å². The van der Waals surface area contributed by atoms with Crippen LogP contribution in [0, 0.1) is 0 Å². The van der Waals surface area contributed by atoms with Crippen LogP contribution in [0.1, 0.15) is 30.5 Å². The number of anilines is 1. The average Bonchev–Trinajstić information content (AvgIpc) is 2.35. The highest BCUT2D eigenvalue weighted by molar-refractivity contribution is 7.92. The zero-order valence-corrected chi connectivity index (χ0v) is 11.9. The largest absolute Gasteiger partial charge is 0.313 e. The predicted molar refractivity (Wildman–Crippen MR) is 74.4 cm³/mol. The van der Waals surface area contributed by atoms with E-state index in [1.807, 2.05) is 19.2 Å². The summed E-state index contributed by atoms with van der Waals surface area (Å²) in [6.07, 6.45) is 3.11. The smallest absolute Gasteiger partial charge is 0.232 e. The molecule has 0 saturated carbocycles. The Balaban J connectivity index is 2.43. The molecule has 0 radical (unpaired) electrons. The van der Waals surface area contributed by atoms with Crippen molar-refractivity contribution < 1.29 is 8.42 Å². The van der Waals surface area contributed by atoms with Crippen LogP contribution in [0.2, 0.25) is 0 Å². The SMILES string of the molecule is CNC(C)c1ccc2c(c1)CCCN2S(C)(=O)=O. The van der Waals surface area contributed by atoms with Gasteiger partial charge in [0.25, 0.3) is 0 Å². The molecule has 1 aromatic rings. The van der Waals surface area contributed by atoms with E-state index in [4.69, 9.17) is 0 Å². The van der Waals surface area contributed by atoms with Crippen LogP contribution in [-0.2, 0) is 16.4 Å². The summed E-state index contributed by atoms with van der Waals surface area (Å²) in [4.78, 5) is 0. The quantitative estimate of drug-likeness (QED) is 0.907. The summed E-state index contributed by atoms with van der Waals surface area (Å²) in [7, 11) is -1.24. The molecule has 1 aliphatic rings. The number of rotatable bonds is 3. The van der Waals surface area contributed by atoms with Gasteiger partial charge in [-0.05, 0) is 44.0 Å². The first-order valence-electron chi connectivity index (χ1n) is 6.21. The lowest BCUT2D eigenvalue weighted by Crippen LogP contribution is -2.34. The van der Waals surface area contributed by atoms with E-state index < -0.39 is 10.0 Å². The van der Waals surface area contributed by atoms with Gasteiger partial charge in [0, 0.05) is 12.6 Å². The van der Waals surface area contributed by atoms with Crippen molar-refractivity contribution in [3.8, 4) is 0 Å². The van der Waals surface area contributed by atoms with Crippen molar-refractivity contribution in [3.63, 3.8) is 0 Å². The lowest BCUT2D eigenvalue weighted by Gasteiger charge is -2.30. The Morgan fingerprint density at radius 2 is 2.11 bits per heavy atom. The number of sulfonamides is 1. The number of aryl methyl sites for hydroxylation is 1. The van der Waals surface area contributed by atoms with Crippen LogP contribution >= 0.6 is 0 Å². The van der Waals surface area contributed by atoms with Gasteiger partial charge < -0.3 is 5.32 Å². The molecule has 4 nitrogen and oxygen atoms in total. The molecular formula is C13H20N2O2S. The van der Waals surface area contributed by atoms with Crippen LogP contribution in [0.5, 0.6) is 0 Å². The minimum atomic E-state index is -3.16. The van der Waals surface area contributed by atoms with Gasteiger partial charge >= 0.3 is 0 Å². The van der Waals surface area contributed by atoms with E-state index in [9.17, 15) is 8.42 Å². The number of nitrogens with one attached hydrogen (secondary N) is 1. The van der Waals surface area contributed by atoms with Gasteiger partial charge in [0.1, 0.15) is 0 Å². The number of fused-ring (bicyclic) bond motifs is 1. The molecule has 1 aliphatic heterocycles. The van der Waals surface area contributed by atoms with Gasteiger partial charge in [-0.15, -0.1) is 0 Å². The Morgan fingerprint density at radius 1 is 1.39 bits per heavy atom. The summed E-state index contributed by atoms with van der Waals surface area (Å²) in [5.74, 6) is 0. The van der Waals surface area contributed by atoms with Gasteiger partial charge in [0.05, 0.1) is 11.9 Å². The molecule has 18 heavy (non-hydrogen) atoms. The molecule has 1 unspecified atom stereocenters. The van der Waals surface area contributed by atoms with E-state index in [1.165, 1.54) is 16.1 Å². The van der Waals surface area contributed by atoms with Crippen LogP contribution < -0.4 is 9.62 Å². The van der Waals surface area contributed by atoms with Crippen molar-refractivity contribution in [1.29, 1.82) is 0 Å². The molecule has 2 rings (SSSR count). The Morgan fingerprint density at radius 3 is 2.72 bits per heavy atom. The summed E-state index contributed by atoms with van der Waals surface area (Å²) in [6, 6.07) is 6.33. The Kier molecular flexibility index (Phi) is 3.64. The highest BCUT2D eigenvalue weighted by Crippen LogP contribution is 2.31. The number of hydrogen-bond acceptors (Lipinski definition) is 3. The summed E-state index contributed by atoms with van der Waals surface area (Å²) in [5, 5.41) is 3.20. The molecule has 0 saturated heterocycles. The van der Waals surface area contributed by atoms with Crippen molar-refractivity contribution >= 4 is 15.7 Å². The van der Waals surface area contributed by atoms with E-state index in [2.05, 4.69) is 18.3 Å². The molecule has 0 amide bonds. The lowest BCUT2D eigenvalue weighted by molar-refractivity contribution is 0.592. The first-order valence-corrected chi connectivity index (χ1v) is 8.06. The molecule has 100 valence electrons. The minimum Gasteiger partial charge on any atom is -0.313 e. The van der Waals surface area contributed by atoms with Crippen LogP contribution in [-0.4, -0.2) is 28.3 Å². The fraction of sp³-hybridized carbons (Fsp3) is 0.538. The highest BCUT2D eigenvalue weighted by Gasteiger charge is 2.24. The molecule has 0 spiro atoms. The summed E-state index contributed by atoms with van der Waals surface area (Å²) in [5.41, 5.74) is 3.17. The van der Waals surface area contributed by atoms with Gasteiger partial charge in [-0.2, -0.15) is 0 Å². The molecule has 1 atom stereocenters. The minimum absolute atomic E-state index is 0.281. The summed E-state index contributed by atoms with van der Waals surface area (Å²) >= 11 is 0. The van der Waals surface area contributed by atoms with E-state index in [-0.39, 0.29) is 6.04 Å². The van der Waals surface area contributed by atoms with E-state index in [1.54, 1.807) is 0 Å². The second-order valence-corrected chi connectivity index (χ2v) is 6.74. The number of hydrogen-bond donors (Lipinski definition) is 1. The highest BCUT2D eigenvalue weighted by atomic mass is 32.2. The zero-order valence-electron chi connectivity index (χ0n) is 11.1. The Hall–Kier alpha value is -1.07. The van der Waals surface area contributed by atoms with E-state index >= 15 is 0 Å². The molecule has 5 heteroatoms. The third-order valence-electron chi connectivity index (χ3n) is 3.51. The molecule has 1 aromatic carbocycles. The van der Waals surface area contributed by atoms with Gasteiger partial charge in [-0.1, -0.05) is 12.1 Å². The molecule has 0 aromatic heterocycles. The molecule has 0 bridgehead atoms. The van der Waals surface area contributed by atoms with Crippen LogP contribution in [0.25, 0.3) is 0 Å². The average molecular weight is 268 g/mol. The number of nitrogens with zero attached hydrogens (tertiary/aromatic N) is 1. The van der Waals surface area contributed by atoms with Crippen molar-refractivity contribution in [3.05, 3.63) is 29.3 Å². The Bertz CT molecular complexity index is 540. The van der Waals surface area contributed by atoms with Crippen molar-refractivity contribution in [2.45, 2.75) is 25.8 Å². The normalized spacial score (nSPS) is 17.4. The predicted octanol–water partition coefficient (Wildman–Crippen LogP) is 1.68. The first-order chi connectivity index (χ1) is 8.43.